The highest BCUT2D eigenvalue weighted by Crippen LogP contribution is 2.02. The van der Waals surface area contributed by atoms with Gasteiger partial charge in [0.2, 0.25) is 6.29 Å². The quantitative estimate of drug-likeness (QED) is 0.382. The summed E-state index contributed by atoms with van der Waals surface area (Å²) in [6.45, 7) is 6.67. The van der Waals surface area contributed by atoms with Crippen molar-refractivity contribution >= 4 is 11.9 Å². The number of allylic oxidation sites excluding steroid dienone is 1. The van der Waals surface area contributed by atoms with Gasteiger partial charge in [-0.1, -0.05) is 19.6 Å². The van der Waals surface area contributed by atoms with Crippen LogP contribution in [0.1, 0.15) is 20.3 Å². The van der Waals surface area contributed by atoms with Gasteiger partial charge in [-0.3, -0.25) is 0 Å². The summed E-state index contributed by atoms with van der Waals surface area (Å²) in [7, 11) is 0. The minimum atomic E-state index is -0.843. The summed E-state index contributed by atoms with van der Waals surface area (Å²) in [4.78, 5) is 21.7. The fourth-order valence-electron chi connectivity index (χ4n) is 0.673. The zero-order valence-electron chi connectivity index (χ0n) is 8.36. The topological polar surface area (TPSA) is 52.6 Å². The van der Waals surface area contributed by atoms with Crippen LogP contribution >= 0.6 is 0 Å². The van der Waals surface area contributed by atoms with Crippen LogP contribution in [0.25, 0.3) is 0 Å². The highest BCUT2D eigenvalue weighted by atomic mass is 16.7. The first-order valence-corrected chi connectivity index (χ1v) is 4.30. The predicted molar refractivity (Wildman–Crippen MR) is 51.3 cm³/mol. The van der Waals surface area contributed by atoms with E-state index < -0.39 is 18.2 Å². The summed E-state index contributed by atoms with van der Waals surface area (Å²) >= 11 is 0. The molecule has 0 N–H and O–H groups in total. The Bertz CT molecular complexity index is 243. The second kappa shape index (κ2) is 6.88. The van der Waals surface area contributed by atoms with Gasteiger partial charge >= 0.3 is 11.9 Å². The van der Waals surface area contributed by atoms with E-state index in [0.29, 0.717) is 6.42 Å². The molecule has 4 heteroatoms. The molecule has 0 aromatic heterocycles. The van der Waals surface area contributed by atoms with Gasteiger partial charge in [0.1, 0.15) is 0 Å². The molecule has 0 rings (SSSR count). The summed E-state index contributed by atoms with van der Waals surface area (Å²) in [5.74, 6) is -1.14. The molecule has 14 heavy (non-hydrogen) atoms. The average Bonchev–Trinajstić information content (AvgIpc) is 2.16. The second-order valence-corrected chi connectivity index (χ2v) is 2.42. The maximum Gasteiger partial charge on any atom is 0.333 e. The highest BCUT2D eigenvalue weighted by Gasteiger charge is 2.13. The second-order valence-electron chi connectivity index (χ2n) is 2.42. The van der Waals surface area contributed by atoms with E-state index in [1.807, 2.05) is 0 Å². The lowest BCUT2D eigenvalue weighted by atomic mass is 10.4. The molecular weight excluding hydrogens is 184 g/mol. The monoisotopic (exact) mass is 198 g/mol. The molecule has 0 spiro atoms. The van der Waals surface area contributed by atoms with Gasteiger partial charge in [-0.05, 0) is 6.92 Å². The number of carbonyl (C=O) groups is 2. The molecule has 0 bridgehead atoms. The molecule has 4 nitrogen and oxygen atoms in total. The van der Waals surface area contributed by atoms with Crippen LogP contribution < -0.4 is 0 Å². The van der Waals surface area contributed by atoms with E-state index in [-0.39, 0.29) is 0 Å². The molecule has 0 amide bonds. The molecule has 0 saturated carbocycles. The van der Waals surface area contributed by atoms with Gasteiger partial charge in [0.05, 0.1) is 0 Å². The predicted octanol–water partition coefficient (Wildman–Crippen LogP) is 1.57. The maximum absolute atomic E-state index is 11.0. The Morgan fingerprint density at radius 3 is 2.36 bits per heavy atom. The van der Waals surface area contributed by atoms with Crippen LogP contribution in [-0.4, -0.2) is 18.2 Å². The summed E-state index contributed by atoms with van der Waals surface area (Å²) in [5.41, 5.74) is 0. The van der Waals surface area contributed by atoms with Crippen LogP contribution in [0.4, 0.5) is 0 Å². The summed E-state index contributed by atoms with van der Waals surface area (Å²) in [6.07, 6.45) is 3.38. The van der Waals surface area contributed by atoms with Gasteiger partial charge in [-0.2, -0.15) is 0 Å². The SMILES string of the molecule is C=CC(=O)OC(CC)OC(=O)/C=C/C. The molecule has 78 valence electrons. The molecule has 0 aliphatic rings. The fourth-order valence-corrected chi connectivity index (χ4v) is 0.673. The third kappa shape index (κ3) is 5.13. The highest BCUT2D eigenvalue weighted by molar-refractivity contribution is 5.83. The molecular formula is C10H14O4. The number of esters is 2. The van der Waals surface area contributed by atoms with Crippen molar-refractivity contribution in [1.29, 1.82) is 0 Å². The Morgan fingerprint density at radius 2 is 1.93 bits per heavy atom. The van der Waals surface area contributed by atoms with E-state index in [4.69, 9.17) is 9.47 Å². The van der Waals surface area contributed by atoms with E-state index in [0.717, 1.165) is 6.08 Å². The Hall–Kier alpha value is -1.58. The van der Waals surface area contributed by atoms with Crippen molar-refractivity contribution in [2.24, 2.45) is 0 Å². The molecule has 0 heterocycles. The van der Waals surface area contributed by atoms with Crippen molar-refractivity contribution in [2.45, 2.75) is 26.6 Å². The van der Waals surface area contributed by atoms with Gasteiger partial charge in [-0.25, -0.2) is 9.59 Å². The Morgan fingerprint density at radius 1 is 1.36 bits per heavy atom. The van der Waals surface area contributed by atoms with Gasteiger partial charge in [0.25, 0.3) is 0 Å². The van der Waals surface area contributed by atoms with Crippen LogP contribution in [-0.2, 0) is 19.1 Å². The largest absolute Gasteiger partial charge is 0.422 e. The van der Waals surface area contributed by atoms with E-state index in [9.17, 15) is 9.59 Å². The van der Waals surface area contributed by atoms with E-state index in [1.54, 1.807) is 19.9 Å². The molecule has 1 atom stereocenters. The number of hydrogen-bond acceptors (Lipinski definition) is 4. The molecule has 1 unspecified atom stereocenters. The average molecular weight is 198 g/mol. The molecule has 0 saturated heterocycles. The third-order valence-corrected chi connectivity index (χ3v) is 1.30. The first-order chi connectivity index (χ1) is 6.63. The van der Waals surface area contributed by atoms with Crippen molar-refractivity contribution in [3.05, 3.63) is 24.8 Å². The lowest BCUT2D eigenvalue weighted by Gasteiger charge is -2.14. The molecule has 0 aromatic carbocycles. The molecule has 0 aliphatic heterocycles. The standard InChI is InChI=1S/C10H14O4/c1-4-7-9(12)14-10(6-3)13-8(11)5-2/h4-5,7,10H,2,6H2,1,3H3/b7-4+. The van der Waals surface area contributed by atoms with E-state index in [2.05, 4.69) is 6.58 Å². The van der Waals surface area contributed by atoms with E-state index >= 15 is 0 Å². The zero-order valence-corrected chi connectivity index (χ0v) is 8.36. The zero-order chi connectivity index (χ0) is 11.0. The summed E-state index contributed by atoms with van der Waals surface area (Å²) < 4.78 is 9.53. The van der Waals surface area contributed by atoms with Gasteiger partial charge in [0.15, 0.2) is 0 Å². The molecule has 0 radical (unpaired) electrons. The third-order valence-electron chi connectivity index (χ3n) is 1.30. The number of hydrogen-bond donors (Lipinski definition) is 0. The van der Waals surface area contributed by atoms with Gasteiger partial charge in [0, 0.05) is 18.6 Å². The summed E-state index contributed by atoms with van der Waals surface area (Å²) in [5, 5.41) is 0. The molecule has 0 fully saturated rings. The van der Waals surface area contributed by atoms with Crippen molar-refractivity contribution in [1.82, 2.24) is 0 Å². The minimum Gasteiger partial charge on any atom is -0.422 e. The Balaban J connectivity index is 4.08. The Kier molecular flexibility index (Phi) is 6.11. The number of ether oxygens (including phenoxy) is 2. The van der Waals surface area contributed by atoms with Crippen molar-refractivity contribution < 1.29 is 19.1 Å². The van der Waals surface area contributed by atoms with E-state index in [1.165, 1.54) is 6.08 Å². The lowest BCUT2D eigenvalue weighted by Crippen LogP contribution is -2.22. The van der Waals surface area contributed by atoms with Crippen LogP contribution in [0, 0.1) is 0 Å². The van der Waals surface area contributed by atoms with Crippen LogP contribution in [0.2, 0.25) is 0 Å². The number of carbonyl (C=O) groups excluding carboxylic acids is 2. The normalized spacial score (nSPS) is 12.1. The first kappa shape index (κ1) is 12.4. The molecule has 0 aromatic rings. The molecule has 0 aliphatic carbocycles. The van der Waals surface area contributed by atoms with Crippen LogP contribution in [0.5, 0.6) is 0 Å². The number of rotatable bonds is 5. The lowest BCUT2D eigenvalue weighted by molar-refractivity contribution is -0.181. The maximum atomic E-state index is 11.0. The van der Waals surface area contributed by atoms with Crippen molar-refractivity contribution in [3.8, 4) is 0 Å². The smallest absolute Gasteiger partial charge is 0.333 e. The van der Waals surface area contributed by atoms with Crippen LogP contribution in [0.3, 0.4) is 0 Å². The van der Waals surface area contributed by atoms with Gasteiger partial charge < -0.3 is 9.47 Å². The summed E-state index contributed by atoms with van der Waals surface area (Å²) in [6, 6.07) is 0. The van der Waals surface area contributed by atoms with Crippen molar-refractivity contribution in [3.63, 3.8) is 0 Å². The Labute approximate surface area is 83.2 Å². The van der Waals surface area contributed by atoms with Crippen molar-refractivity contribution in [2.75, 3.05) is 0 Å². The van der Waals surface area contributed by atoms with Gasteiger partial charge in [-0.15, -0.1) is 0 Å². The first-order valence-electron chi connectivity index (χ1n) is 4.30. The fraction of sp³-hybridized carbons (Fsp3) is 0.400. The minimum absolute atomic E-state index is 0.406. The van der Waals surface area contributed by atoms with Crippen LogP contribution in [0.15, 0.2) is 24.8 Å².